The van der Waals surface area contributed by atoms with Gasteiger partial charge in [-0.2, -0.15) is 0 Å². The number of ether oxygens (including phenoxy) is 4. The molecule has 6 nitrogen and oxygen atoms in total. The van der Waals surface area contributed by atoms with Gasteiger partial charge in [-0.05, 0) is 47.0 Å². The number of alkyl carbamates (subject to hydrolysis) is 1. The fourth-order valence-corrected chi connectivity index (χ4v) is 4.39. The molecule has 6 heteroatoms. The standard InChI is InChI=1S/C19H31NO5/c1-6-20-17(21)24-13-9-10-19(11-23-19)16(15(13)22-5)18(4)14(25-18)8-7-12(2)3/h7,13-16H,6,8-11H2,1-5H3,(H,20,21)/t13-,14?,15-,16-,18+,19+/m1/s1. The molecule has 1 spiro atoms. The molecule has 3 rings (SSSR count). The van der Waals surface area contributed by atoms with Crippen molar-refractivity contribution in [3.05, 3.63) is 11.6 Å². The zero-order valence-electron chi connectivity index (χ0n) is 16.0. The maximum absolute atomic E-state index is 11.9. The Morgan fingerprint density at radius 1 is 1.40 bits per heavy atom. The Hall–Kier alpha value is -1.11. The van der Waals surface area contributed by atoms with Gasteiger partial charge in [-0.1, -0.05) is 11.6 Å². The summed E-state index contributed by atoms with van der Waals surface area (Å²) in [7, 11) is 1.68. The topological polar surface area (TPSA) is 72.6 Å². The van der Waals surface area contributed by atoms with Crippen LogP contribution in [0.25, 0.3) is 0 Å². The van der Waals surface area contributed by atoms with E-state index >= 15 is 0 Å². The third kappa shape index (κ3) is 3.57. The van der Waals surface area contributed by atoms with E-state index < -0.39 is 0 Å². The average Bonchev–Trinajstić information content (AvgIpc) is 3.45. The third-order valence-electron chi connectivity index (χ3n) is 5.82. The number of allylic oxidation sites excluding steroid dienone is 1. The summed E-state index contributed by atoms with van der Waals surface area (Å²) in [5, 5.41) is 2.70. The quantitative estimate of drug-likeness (QED) is 0.587. The normalized spacial score (nSPS) is 42.0. The molecule has 1 amide bonds. The van der Waals surface area contributed by atoms with Gasteiger partial charge in [-0.3, -0.25) is 0 Å². The first-order chi connectivity index (χ1) is 11.9. The van der Waals surface area contributed by atoms with Gasteiger partial charge in [0, 0.05) is 13.7 Å². The van der Waals surface area contributed by atoms with Gasteiger partial charge >= 0.3 is 6.09 Å². The van der Waals surface area contributed by atoms with Crippen LogP contribution in [-0.4, -0.2) is 55.9 Å². The molecular weight excluding hydrogens is 322 g/mol. The number of carbonyl (C=O) groups is 1. The maximum atomic E-state index is 11.9. The Kier molecular flexibility index (Phi) is 5.15. The van der Waals surface area contributed by atoms with Crippen molar-refractivity contribution in [2.45, 2.75) is 76.5 Å². The van der Waals surface area contributed by atoms with Crippen molar-refractivity contribution in [2.24, 2.45) is 5.92 Å². The molecule has 1 saturated carbocycles. The molecule has 6 atom stereocenters. The summed E-state index contributed by atoms with van der Waals surface area (Å²) in [6.45, 7) is 9.49. The molecule has 142 valence electrons. The van der Waals surface area contributed by atoms with Crippen LogP contribution >= 0.6 is 0 Å². The zero-order valence-corrected chi connectivity index (χ0v) is 16.0. The maximum Gasteiger partial charge on any atom is 0.407 e. The Balaban J connectivity index is 1.75. The lowest BCUT2D eigenvalue weighted by atomic mass is 9.68. The van der Waals surface area contributed by atoms with Gasteiger partial charge < -0.3 is 24.3 Å². The van der Waals surface area contributed by atoms with Crippen LogP contribution in [0.3, 0.4) is 0 Å². The van der Waals surface area contributed by atoms with E-state index in [-0.39, 0.29) is 41.5 Å². The number of epoxide rings is 2. The van der Waals surface area contributed by atoms with Gasteiger partial charge in [0.2, 0.25) is 0 Å². The number of rotatable bonds is 6. The van der Waals surface area contributed by atoms with Gasteiger partial charge in [0.1, 0.15) is 23.4 Å². The molecule has 3 fully saturated rings. The summed E-state index contributed by atoms with van der Waals surface area (Å²) in [6, 6.07) is 0. The molecule has 2 heterocycles. The molecule has 1 N–H and O–H groups in total. The van der Waals surface area contributed by atoms with Gasteiger partial charge in [0.25, 0.3) is 0 Å². The van der Waals surface area contributed by atoms with E-state index in [0.717, 1.165) is 25.9 Å². The van der Waals surface area contributed by atoms with Crippen molar-refractivity contribution in [2.75, 3.05) is 20.3 Å². The molecular formula is C19H31NO5. The van der Waals surface area contributed by atoms with Crippen molar-refractivity contribution in [3.63, 3.8) is 0 Å². The molecule has 3 aliphatic rings. The highest BCUT2D eigenvalue weighted by Crippen LogP contribution is 2.59. The smallest absolute Gasteiger partial charge is 0.407 e. The largest absolute Gasteiger partial charge is 0.443 e. The van der Waals surface area contributed by atoms with Crippen LogP contribution in [0, 0.1) is 5.92 Å². The molecule has 0 bridgehead atoms. The summed E-state index contributed by atoms with van der Waals surface area (Å²) in [5.74, 6) is 0.0636. The second-order valence-electron chi connectivity index (χ2n) is 7.85. The summed E-state index contributed by atoms with van der Waals surface area (Å²) in [6.07, 6.45) is 4.00. The lowest BCUT2D eigenvalue weighted by Gasteiger charge is -2.42. The van der Waals surface area contributed by atoms with E-state index in [1.807, 2.05) is 6.92 Å². The van der Waals surface area contributed by atoms with Crippen LogP contribution in [0.1, 0.15) is 47.0 Å². The minimum Gasteiger partial charge on any atom is -0.443 e. The Bertz CT molecular complexity index is 540. The lowest BCUT2D eigenvalue weighted by molar-refractivity contribution is -0.118. The molecule has 1 aliphatic carbocycles. The second kappa shape index (κ2) is 6.89. The van der Waals surface area contributed by atoms with E-state index in [0.29, 0.717) is 6.54 Å². The van der Waals surface area contributed by atoms with Crippen LogP contribution in [0.15, 0.2) is 11.6 Å². The Morgan fingerprint density at radius 2 is 2.12 bits per heavy atom. The molecule has 25 heavy (non-hydrogen) atoms. The fourth-order valence-electron chi connectivity index (χ4n) is 4.39. The Labute approximate surface area is 150 Å². The predicted molar refractivity (Wildman–Crippen MR) is 93.5 cm³/mol. The molecule has 2 saturated heterocycles. The fraction of sp³-hybridized carbons (Fsp3) is 0.842. The highest BCUT2D eigenvalue weighted by atomic mass is 16.6. The van der Waals surface area contributed by atoms with Gasteiger partial charge in [0.05, 0.1) is 18.6 Å². The van der Waals surface area contributed by atoms with Crippen molar-refractivity contribution >= 4 is 6.09 Å². The number of nitrogens with one attached hydrogen (secondary N) is 1. The van der Waals surface area contributed by atoms with E-state index in [1.165, 1.54) is 5.57 Å². The minimum atomic E-state index is -0.385. The SMILES string of the molecule is CCNC(=O)O[C@@H]1CC[C@]2(CO2)[C@@H]([C@@]2(C)OC2CC=C(C)C)[C@@H]1OC. The van der Waals surface area contributed by atoms with E-state index in [9.17, 15) is 4.79 Å². The number of methoxy groups -OCH3 is 1. The Morgan fingerprint density at radius 3 is 2.68 bits per heavy atom. The minimum absolute atomic E-state index is 0.0636. The van der Waals surface area contributed by atoms with Crippen LogP contribution in [-0.2, 0) is 18.9 Å². The number of carbonyl (C=O) groups excluding carboxylic acids is 1. The average molecular weight is 353 g/mol. The van der Waals surface area contributed by atoms with Crippen molar-refractivity contribution in [3.8, 4) is 0 Å². The lowest BCUT2D eigenvalue weighted by Crippen LogP contribution is -2.56. The summed E-state index contributed by atoms with van der Waals surface area (Å²) >= 11 is 0. The first-order valence-corrected chi connectivity index (χ1v) is 9.28. The van der Waals surface area contributed by atoms with Crippen molar-refractivity contribution in [1.29, 1.82) is 0 Å². The molecule has 1 unspecified atom stereocenters. The first kappa shape index (κ1) is 18.7. The van der Waals surface area contributed by atoms with Gasteiger partial charge in [-0.15, -0.1) is 0 Å². The number of hydrogen-bond donors (Lipinski definition) is 1. The van der Waals surface area contributed by atoms with E-state index in [1.54, 1.807) is 7.11 Å². The molecule has 0 aromatic carbocycles. The highest BCUT2D eigenvalue weighted by molar-refractivity contribution is 5.67. The summed E-state index contributed by atoms with van der Waals surface area (Å²) < 4.78 is 23.5. The van der Waals surface area contributed by atoms with Crippen LogP contribution in [0.5, 0.6) is 0 Å². The van der Waals surface area contributed by atoms with Gasteiger partial charge in [-0.25, -0.2) is 4.79 Å². The molecule has 2 aliphatic heterocycles. The second-order valence-corrected chi connectivity index (χ2v) is 7.85. The van der Waals surface area contributed by atoms with Crippen LogP contribution < -0.4 is 5.32 Å². The van der Waals surface area contributed by atoms with E-state index in [2.05, 4.69) is 32.2 Å². The molecule has 0 aromatic heterocycles. The monoisotopic (exact) mass is 353 g/mol. The third-order valence-corrected chi connectivity index (χ3v) is 5.82. The van der Waals surface area contributed by atoms with E-state index in [4.69, 9.17) is 18.9 Å². The number of hydrogen-bond acceptors (Lipinski definition) is 5. The predicted octanol–water partition coefficient (Wildman–Crippen LogP) is 2.81. The summed E-state index contributed by atoms with van der Waals surface area (Å²) in [5.41, 5.74) is 0.808. The van der Waals surface area contributed by atoms with Gasteiger partial charge in [0.15, 0.2) is 0 Å². The zero-order chi connectivity index (χ0) is 18.2. The van der Waals surface area contributed by atoms with Crippen LogP contribution in [0.4, 0.5) is 4.79 Å². The first-order valence-electron chi connectivity index (χ1n) is 9.28. The number of amides is 1. The highest BCUT2D eigenvalue weighted by Gasteiger charge is 2.72. The van der Waals surface area contributed by atoms with Crippen LogP contribution in [0.2, 0.25) is 0 Å². The van der Waals surface area contributed by atoms with Crippen molar-refractivity contribution in [1.82, 2.24) is 5.32 Å². The molecule has 0 aromatic rings. The molecule has 0 radical (unpaired) electrons. The summed E-state index contributed by atoms with van der Waals surface area (Å²) in [4.78, 5) is 11.9. The van der Waals surface area contributed by atoms with Crippen molar-refractivity contribution < 1.29 is 23.7 Å².